The lowest BCUT2D eigenvalue weighted by Crippen LogP contribution is -2.20. The average molecular weight is 215 g/mol. The third-order valence-electron chi connectivity index (χ3n) is 2.45. The summed E-state index contributed by atoms with van der Waals surface area (Å²) >= 11 is 0. The summed E-state index contributed by atoms with van der Waals surface area (Å²) in [5.74, 6) is 4.99. The van der Waals surface area contributed by atoms with Crippen molar-refractivity contribution >= 4 is 17.0 Å². The minimum Gasteiger partial charge on any atom is -0.257 e. The number of hydrogen-bond acceptors (Lipinski definition) is 4. The van der Waals surface area contributed by atoms with Gasteiger partial charge in [0.05, 0.1) is 6.21 Å². The number of fused-ring (bicyclic) bond motifs is 1. The molecule has 0 aromatic heterocycles. The van der Waals surface area contributed by atoms with Crippen molar-refractivity contribution in [2.75, 3.05) is 0 Å². The van der Waals surface area contributed by atoms with Gasteiger partial charge in [-0.2, -0.15) is 0 Å². The topological polar surface area (TPSA) is 61.8 Å². The third kappa shape index (κ3) is 2.18. The second-order valence-electron chi connectivity index (χ2n) is 3.62. The van der Waals surface area contributed by atoms with Crippen LogP contribution in [0.25, 0.3) is 10.8 Å². The summed E-state index contributed by atoms with van der Waals surface area (Å²) in [7, 11) is 0. The first-order valence-electron chi connectivity index (χ1n) is 4.94. The van der Waals surface area contributed by atoms with E-state index in [1.54, 1.807) is 0 Å². The molecule has 3 N–H and O–H groups in total. The van der Waals surface area contributed by atoms with Gasteiger partial charge in [-0.05, 0) is 34.9 Å². The van der Waals surface area contributed by atoms with Crippen LogP contribution in [0, 0.1) is 6.92 Å². The molecule has 82 valence electrons. The smallest absolute Gasteiger partial charge is 0.0587 e. The summed E-state index contributed by atoms with van der Waals surface area (Å²) in [4.78, 5) is 0. The van der Waals surface area contributed by atoms with Crippen LogP contribution < -0.4 is 5.84 Å². The lowest BCUT2D eigenvalue weighted by Gasteiger charge is -2.05. The molecule has 4 nitrogen and oxygen atoms in total. The maximum Gasteiger partial charge on any atom is 0.0587 e. The lowest BCUT2D eigenvalue weighted by molar-refractivity contribution is -0.0911. The van der Waals surface area contributed by atoms with Gasteiger partial charge in [0.2, 0.25) is 0 Å². The van der Waals surface area contributed by atoms with Crippen LogP contribution >= 0.6 is 0 Å². The van der Waals surface area contributed by atoms with Gasteiger partial charge in [-0.25, -0.2) is 5.84 Å². The fourth-order valence-electron chi connectivity index (χ4n) is 1.63. The van der Waals surface area contributed by atoms with Crippen molar-refractivity contribution in [3.8, 4) is 0 Å². The average Bonchev–Trinajstić information content (AvgIpc) is 2.26. The van der Waals surface area contributed by atoms with E-state index in [2.05, 4.69) is 17.2 Å². The van der Waals surface area contributed by atoms with E-state index in [0.717, 1.165) is 16.5 Å². The maximum absolute atomic E-state index is 8.73. The highest BCUT2D eigenvalue weighted by Crippen LogP contribution is 2.18. The van der Waals surface area contributed by atoms with Gasteiger partial charge < -0.3 is 0 Å². The number of nitrogens with zero attached hydrogens (tertiary/aromatic N) is 2. The van der Waals surface area contributed by atoms with Crippen LogP contribution in [0.1, 0.15) is 11.1 Å². The molecule has 0 spiro atoms. The molecule has 0 saturated carbocycles. The van der Waals surface area contributed by atoms with Crippen LogP contribution in [0.5, 0.6) is 0 Å². The third-order valence-corrected chi connectivity index (χ3v) is 2.45. The summed E-state index contributed by atoms with van der Waals surface area (Å²) < 4.78 is 0. The van der Waals surface area contributed by atoms with E-state index in [9.17, 15) is 0 Å². The number of rotatable bonds is 2. The van der Waals surface area contributed by atoms with Crippen LogP contribution in [0.2, 0.25) is 0 Å². The Morgan fingerprint density at radius 2 is 1.88 bits per heavy atom. The number of benzene rings is 2. The molecule has 0 aliphatic heterocycles. The van der Waals surface area contributed by atoms with Gasteiger partial charge in [0.1, 0.15) is 0 Å². The fraction of sp³-hybridized carbons (Fsp3) is 0.0833. The van der Waals surface area contributed by atoms with E-state index in [4.69, 9.17) is 11.0 Å². The van der Waals surface area contributed by atoms with Crippen LogP contribution in [-0.2, 0) is 0 Å². The number of hydrazone groups is 1. The Labute approximate surface area is 93.5 Å². The van der Waals surface area contributed by atoms with Crippen molar-refractivity contribution in [2.24, 2.45) is 10.9 Å². The summed E-state index contributed by atoms with van der Waals surface area (Å²) in [6, 6.07) is 12.2. The molecule has 0 radical (unpaired) electrons. The van der Waals surface area contributed by atoms with Crippen LogP contribution in [0.15, 0.2) is 41.5 Å². The van der Waals surface area contributed by atoms with Crippen molar-refractivity contribution < 1.29 is 5.21 Å². The summed E-state index contributed by atoms with van der Waals surface area (Å²) in [6.07, 6.45) is 1.53. The highest BCUT2D eigenvalue weighted by atomic mass is 16.6. The van der Waals surface area contributed by atoms with Crippen LogP contribution in [0.3, 0.4) is 0 Å². The van der Waals surface area contributed by atoms with Crippen LogP contribution in [-0.4, -0.2) is 16.7 Å². The van der Waals surface area contributed by atoms with Gasteiger partial charge in [0, 0.05) is 0 Å². The first-order chi connectivity index (χ1) is 7.66. The quantitative estimate of drug-likeness (QED) is 0.458. The molecule has 0 fully saturated rings. The SMILES string of the molecule is Cc1cc2ccccc2cc1C=NN(N)O. The van der Waals surface area contributed by atoms with Gasteiger partial charge in [0.25, 0.3) is 0 Å². The molecule has 16 heavy (non-hydrogen) atoms. The molecule has 2 aromatic carbocycles. The fourth-order valence-corrected chi connectivity index (χ4v) is 1.63. The molecular weight excluding hydrogens is 202 g/mol. The summed E-state index contributed by atoms with van der Waals surface area (Å²) in [6.45, 7) is 1.99. The Balaban J connectivity index is 2.50. The van der Waals surface area contributed by atoms with Gasteiger partial charge in [0.15, 0.2) is 0 Å². The molecule has 0 aliphatic carbocycles. The second-order valence-corrected chi connectivity index (χ2v) is 3.62. The molecule has 0 aliphatic rings. The molecule has 4 heteroatoms. The van der Waals surface area contributed by atoms with E-state index < -0.39 is 0 Å². The maximum atomic E-state index is 8.73. The predicted molar refractivity (Wildman–Crippen MR) is 64.1 cm³/mol. The normalized spacial score (nSPS) is 11.2. The Hall–Kier alpha value is -1.91. The zero-order valence-corrected chi connectivity index (χ0v) is 8.96. The Morgan fingerprint density at radius 3 is 2.50 bits per heavy atom. The molecule has 0 bridgehead atoms. The predicted octanol–water partition coefficient (Wildman–Crippen LogP) is 2.05. The van der Waals surface area contributed by atoms with Crippen LogP contribution in [0.4, 0.5) is 0 Å². The molecule has 0 heterocycles. The first-order valence-corrected chi connectivity index (χ1v) is 4.94. The highest BCUT2D eigenvalue weighted by molar-refractivity contribution is 5.92. The van der Waals surface area contributed by atoms with Gasteiger partial charge in [-0.3, -0.25) is 5.21 Å². The number of nitrogens with two attached hydrogens (primary N) is 1. The van der Waals surface area contributed by atoms with Crippen molar-refractivity contribution in [2.45, 2.75) is 6.92 Å². The lowest BCUT2D eigenvalue weighted by atomic mass is 10.0. The van der Waals surface area contributed by atoms with Crippen molar-refractivity contribution in [3.05, 3.63) is 47.5 Å². The first kappa shape index (κ1) is 10.6. The van der Waals surface area contributed by atoms with E-state index in [1.807, 2.05) is 31.2 Å². The molecule has 0 saturated heterocycles. The molecule has 0 atom stereocenters. The van der Waals surface area contributed by atoms with E-state index >= 15 is 0 Å². The van der Waals surface area contributed by atoms with Gasteiger partial charge >= 0.3 is 0 Å². The summed E-state index contributed by atoms with van der Waals surface area (Å²) in [5.41, 5.74) is 2.02. The van der Waals surface area contributed by atoms with Crippen molar-refractivity contribution in [1.82, 2.24) is 5.28 Å². The number of hydrazine groups is 1. The second kappa shape index (κ2) is 4.30. The Morgan fingerprint density at radius 1 is 1.25 bits per heavy atom. The van der Waals surface area contributed by atoms with E-state index in [0.29, 0.717) is 5.28 Å². The zero-order valence-electron chi connectivity index (χ0n) is 8.96. The molecule has 2 aromatic rings. The number of aryl methyl sites for hydroxylation is 1. The molecule has 0 amide bonds. The molecule has 2 rings (SSSR count). The Bertz CT molecular complexity index is 535. The largest absolute Gasteiger partial charge is 0.257 e. The minimum absolute atomic E-state index is 0.300. The van der Waals surface area contributed by atoms with Gasteiger partial charge in [-0.15, -0.1) is 10.4 Å². The van der Waals surface area contributed by atoms with Crippen molar-refractivity contribution in [3.63, 3.8) is 0 Å². The monoisotopic (exact) mass is 215 g/mol. The molecule has 0 unspecified atom stereocenters. The van der Waals surface area contributed by atoms with E-state index in [1.165, 1.54) is 11.6 Å². The zero-order chi connectivity index (χ0) is 11.5. The number of hydrogen-bond donors (Lipinski definition) is 2. The standard InChI is InChI=1S/C12H13N3O/c1-9-6-10-4-2-3-5-11(10)7-12(9)8-14-15(13)16/h2-8,16H,13H2,1H3. The minimum atomic E-state index is 0.300. The van der Waals surface area contributed by atoms with E-state index in [-0.39, 0.29) is 0 Å². The van der Waals surface area contributed by atoms with Crippen molar-refractivity contribution in [1.29, 1.82) is 0 Å². The Kier molecular flexibility index (Phi) is 2.85. The highest BCUT2D eigenvalue weighted by Gasteiger charge is 1.99. The van der Waals surface area contributed by atoms with Gasteiger partial charge in [-0.1, -0.05) is 30.3 Å². The molecular formula is C12H13N3O. The summed E-state index contributed by atoms with van der Waals surface area (Å²) in [5, 5.41) is 15.0.